The van der Waals surface area contributed by atoms with Crippen molar-refractivity contribution in [1.29, 1.82) is 5.26 Å². The van der Waals surface area contributed by atoms with Gasteiger partial charge < -0.3 is 4.74 Å². The van der Waals surface area contributed by atoms with E-state index in [1.807, 2.05) is 12.1 Å². The second-order valence-electron chi connectivity index (χ2n) is 5.62. The first-order valence-electron chi connectivity index (χ1n) is 7.31. The highest BCUT2D eigenvalue weighted by Crippen LogP contribution is 2.15. The number of morpholine rings is 1. The molecule has 0 N–H and O–H groups in total. The lowest BCUT2D eigenvalue weighted by molar-refractivity contribution is -0.0712. The zero-order chi connectivity index (χ0) is 15.5. The van der Waals surface area contributed by atoms with Crippen LogP contribution in [-0.4, -0.2) is 50.4 Å². The molecule has 0 radical (unpaired) electrons. The summed E-state index contributed by atoms with van der Waals surface area (Å²) in [5, 5.41) is 20.8. The largest absolute Gasteiger partial charge is 0.373 e. The van der Waals surface area contributed by atoms with Crippen LogP contribution in [0.1, 0.15) is 25.2 Å². The molecular weight excluding hydrogens is 280 g/mol. The minimum Gasteiger partial charge on any atom is -0.373 e. The zero-order valence-electron chi connectivity index (χ0n) is 12.7. The number of benzene rings is 1. The molecule has 2 unspecified atom stereocenters. The number of nitriles is 1. The lowest BCUT2D eigenvalue weighted by Gasteiger charge is -2.34. The van der Waals surface area contributed by atoms with E-state index in [1.54, 1.807) is 16.8 Å². The predicted octanol–water partition coefficient (Wildman–Crippen LogP) is 1.14. The Hall–Kier alpha value is -2.30. The molecule has 0 bridgehead atoms. The van der Waals surface area contributed by atoms with Gasteiger partial charge in [0.2, 0.25) is 0 Å². The lowest BCUT2D eigenvalue weighted by Crippen LogP contribution is -2.45. The van der Waals surface area contributed by atoms with E-state index in [4.69, 9.17) is 10.00 Å². The van der Waals surface area contributed by atoms with E-state index in [0.717, 1.165) is 24.6 Å². The van der Waals surface area contributed by atoms with Crippen molar-refractivity contribution in [3.63, 3.8) is 0 Å². The molecule has 1 aliphatic rings. The maximum absolute atomic E-state index is 8.86. The maximum atomic E-state index is 8.86. The Balaban J connectivity index is 1.78. The first-order valence-corrected chi connectivity index (χ1v) is 7.31. The molecule has 0 spiro atoms. The van der Waals surface area contributed by atoms with Crippen molar-refractivity contribution in [2.45, 2.75) is 32.6 Å². The number of aromatic nitrogens is 4. The van der Waals surface area contributed by atoms with Crippen molar-refractivity contribution in [3.05, 3.63) is 35.7 Å². The van der Waals surface area contributed by atoms with E-state index in [2.05, 4.69) is 40.3 Å². The van der Waals surface area contributed by atoms with Gasteiger partial charge in [0.15, 0.2) is 5.82 Å². The van der Waals surface area contributed by atoms with Crippen molar-refractivity contribution in [1.82, 2.24) is 25.1 Å². The Morgan fingerprint density at radius 3 is 2.55 bits per heavy atom. The highest BCUT2D eigenvalue weighted by Gasteiger charge is 2.24. The van der Waals surface area contributed by atoms with Crippen LogP contribution in [0.2, 0.25) is 0 Å². The third-order valence-corrected chi connectivity index (χ3v) is 3.64. The Kier molecular flexibility index (Phi) is 4.13. The molecule has 0 saturated carbocycles. The van der Waals surface area contributed by atoms with Gasteiger partial charge >= 0.3 is 0 Å². The van der Waals surface area contributed by atoms with Crippen LogP contribution in [0, 0.1) is 11.3 Å². The summed E-state index contributed by atoms with van der Waals surface area (Å²) >= 11 is 0. The second kappa shape index (κ2) is 6.22. The average molecular weight is 298 g/mol. The van der Waals surface area contributed by atoms with Gasteiger partial charge in [-0.1, -0.05) is 0 Å². The standard InChI is InChI=1S/C15H18N6O/c1-11-8-20(9-12(2)22-11)10-15-17-18-19-21(15)14-5-3-13(7-16)4-6-14/h3-6,11-12H,8-10H2,1-2H3. The van der Waals surface area contributed by atoms with Crippen LogP contribution in [0.3, 0.4) is 0 Å². The Morgan fingerprint density at radius 1 is 1.23 bits per heavy atom. The van der Waals surface area contributed by atoms with Crippen LogP contribution < -0.4 is 0 Å². The smallest absolute Gasteiger partial charge is 0.170 e. The van der Waals surface area contributed by atoms with Crippen LogP contribution in [0.25, 0.3) is 5.69 Å². The fraction of sp³-hybridized carbons (Fsp3) is 0.467. The Bertz CT molecular complexity index is 664. The summed E-state index contributed by atoms with van der Waals surface area (Å²) in [6.07, 6.45) is 0.422. The van der Waals surface area contributed by atoms with Crippen LogP contribution in [0.15, 0.2) is 24.3 Å². The summed E-state index contributed by atoms with van der Waals surface area (Å²) in [4.78, 5) is 2.30. The molecule has 1 aliphatic heterocycles. The topological polar surface area (TPSA) is 79.9 Å². The van der Waals surface area contributed by atoms with E-state index in [-0.39, 0.29) is 12.2 Å². The molecule has 22 heavy (non-hydrogen) atoms. The zero-order valence-corrected chi connectivity index (χ0v) is 12.7. The molecule has 1 fully saturated rings. The fourth-order valence-corrected chi connectivity index (χ4v) is 2.80. The number of tetrazole rings is 1. The van der Waals surface area contributed by atoms with E-state index in [9.17, 15) is 0 Å². The van der Waals surface area contributed by atoms with Crippen molar-refractivity contribution < 1.29 is 4.74 Å². The van der Waals surface area contributed by atoms with Gasteiger partial charge in [0, 0.05) is 13.1 Å². The number of ether oxygens (including phenoxy) is 1. The number of nitrogens with zero attached hydrogens (tertiary/aromatic N) is 6. The summed E-state index contributed by atoms with van der Waals surface area (Å²) in [5.74, 6) is 0.783. The molecule has 2 heterocycles. The molecule has 0 amide bonds. The summed E-state index contributed by atoms with van der Waals surface area (Å²) in [6.45, 7) is 6.55. The van der Waals surface area contributed by atoms with E-state index >= 15 is 0 Å². The normalized spacial score (nSPS) is 22.4. The monoisotopic (exact) mass is 298 g/mol. The molecule has 1 aromatic heterocycles. The van der Waals surface area contributed by atoms with Crippen molar-refractivity contribution in [3.8, 4) is 11.8 Å². The third kappa shape index (κ3) is 3.13. The predicted molar refractivity (Wildman–Crippen MR) is 79.2 cm³/mol. The molecule has 0 aliphatic carbocycles. The molecule has 7 nitrogen and oxygen atoms in total. The molecule has 114 valence electrons. The first-order chi connectivity index (χ1) is 10.7. The molecule has 2 atom stereocenters. The van der Waals surface area contributed by atoms with Gasteiger partial charge in [-0.3, -0.25) is 4.90 Å². The van der Waals surface area contributed by atoms with E-state index in [0.29, 0.717) is 12.1 Å². The van der Waals surface area contributed by atoms with Gasteiger partial charge in [-0.15, -0.1) is 5.10 Å². The van der Waals surface area contributed by atoms with Crippen molar-refractivity contribution in [2.24, 2.45) is 0 Å². The summed E-state index contributed by atoms with van der Waals surface area (Å²) in [5.41, 5.74) is 1.47. The highest BCUT2D eigenvalue weighted by molar-refractivity contribution is 5.38. The minimum atomic E-state index is 0.211. The SMILES string of the molecule is CC1CN(Cc2nnnn2-c2ccc(C#N)cc2)CC(C)O1. The number of hydrogen-bond acceptors (Lipinski definition) is 6. The van der Waals surface area contributed by atoms with Gasteiger partial charge in [-0.2, -0.15) is 9.94 Å². The maximum Gasteiger partial charge on any atom is 0.170 e. The second-order valence-corrected chi connectivity index (χ2v) is 5.62. The van der Waals surface area contributed by atoms with Crippen LogP contribution >= 0.6 is 0 Å². The number of hydrogen-bond donors (Lipinski definition) is 0. The van der Waals surface area contributed by atoms with Gasteiger partial charge in [0.25, 0.3) is 0 Å². The quantitative estimate of drug-likeness (QED) is 0.845. The van der Waals surface area contributed by atoms with Crippen LogP contribution in [0.4, 0.5) is 0 Å². The Morgan fingerprint density at radius 2 is 1.91 bits per heavy atom. The fourth-order valence-electron chi connectivity index (χ4n) is 2.80. The molecule has 1 aromatic carbocycles. The molecule has 2 aromatic rings. The highest BCUT2D eigenvalue weighted by atomic mass is 16.5. The molecule has 3 rings (SSSR count). The molecular formula is C15H18N6O. The minimum absolute atomic E-state index is 0.211. The number of rotatable bonds is 3. The first kappa shape index (κ1) is 14.6. The Labute approximate surface area is 129 Å². The molecule has 7 heteroatoms. The van der Waals surface area contributed by atoms with Crippen molar-refractivity contribution in [2.75, 3.05) is 13.1 Å². The van der Waals surface area contributed by atoms with Gasteiger partial charge in [0.1, 0.15) is 0 Å². The van der Waals surface area contributed by atoms with E-state index in [1.165, 1.54) is 0 Å². The van der Waals surface area contributed by atoms with Gasteiger partial charge in [0.05, 0.1) is 36.1 Å². The van der Waals surface area contributed by atoms with Crippen LogP contribution in [0.5, 0.6) is 0 Å². The third-order valence-electron chi connectivity index (χ3n) is 3.64. The summed E-state index contributed by atoms with van der Waals surface area (Å²) in [6, 6.07) is 9.33. The molecule has 1 saturated heterocycles. The average Bonchev–Trinajstić information content (AvgIpc) is 2.94. The summed E-state index contributed by atoms with van der Waals surface area (Å²) in [7, 11) is 0. The van der Waals surface area contributed by atoms with Crippen LogP contribution in [-0.2, 0) is 11.3 Å². The van der Waals surface area contributed by atoms with E-state index < -0.39 is 0 Å². The van der Waals surface area contributed by atoms with Crippen molar-refractivity contribution >= 4 is 0 Å². The summed E-state index contributed by atoms with van der Waals surface area (Å²) < 4.78 is 7.46. The van der Waals surface area contributed by atoms with Gasteiger partial charge in [-0.05, 0) is 48.5 Å². The van der Waals surface area contributed by atoms with Gasteiger partial charge in [-0.25, -0.2) is 0 Å². The lowest BCUT2D eigenvalue weighted by atomic mass is 10.2.